The largest absolute Gasteiger partial charge is 0.388 e. The Kier molecular flexibility index (Phi) is 5.65. The summed E-state index contributed by atoms with van der Waals surface area (Å²) in [5.41, 5.74) is 0.902. The van der Waals surface area contributed by atoms with Gasteiger partial charge >= 0.3 is 0 Å². The first kappa shape index (κ1) is 13.0. The van der Waals surface area contributed by atoms with Crippen molar-refractivity contribution in [3.8, 4) is 0 Å². The number of hydrogen-bond donors (Lipinski definition) is 1. The highest BCUT2D eigenvalue weighted by Gasteiger charge is 2.08. The number of aliphatic hydroxyl groups excluding tert-OH is 1. The van der Waals surface area contributed by atoms with Gasteiger partial charge in [0.15, 0.2) is 0 Å². The van der Waals surface area contributed by atoms with Gasteiger partial charge in [0, 0.05) is 4.47 Å². The summed E-state index contributed by atoms with van der Waals surface area (Å²) >= 11 is 9.29. The van der Waals surface area contributed by atoms with Crippen LogP contribution in [0.5, 0.6) is 0 Å². The van der Waals surface area contributed by atoms with Gasteiger partial charge in [0.1, 0.15) is 0 Å². The molecule has 0 aliphatic heterocycles. The Morgan fingerprint density at radius 1 is 1.40 bits per heavy atom. The monoisotopic (exact) mass is 290 g/mol. The third-order valence-electron chi connectivity index (χ3n) is 2.41. The van der Waals surface area contributed by atoms with Crippen LogP contribution in [0.4, 0.5) is 0 Å². The molecule has 0 aliphatic carbocycles. The SMILES string of the molecule is CCCCCC(O)c1ccc(Br)c(Cl)c1. The van der Waals surface area contributed by atoms with Crippen molar-refractivity contribution in [2.24, 2.45) is 0 Å². The Bertz CT molecular complexity index is 314. The minimum absolute atomic E-state index is 0.387. The molecule has 15 heavy (non-hydrogen) atoms. The van der Waals surface area contributed by atoms with Gasteiger partial charge in [-0.2, -0.15) is 0 Å². The average Bonchev–Trinajstić information content (AvgIpc) is 2.22. The number of aliphatic hydroxyl groups is 1. The minimum Gasteiger partial charge on any atom is -0.388 e. The number of unbranched alkanes of at least 4 members (excludes halogenated alkanes) is 2. The summed E-state index contributed by atoms with van der Waals surface area (Å²) in [7, 11) is 0. The van der Waals surface area contributed by atoms with Crippen molar-refractivity contribution < 1.29 is 5.11 Å². The molecular weight excluding hydrogens is 275 g/mol. The molecule has 0 aliphatic rings. The van der Waals surface area contributed by atoms with Crippen LogP contribution in [0.25, 0.3) is 0 Å². The van der Waals surface area contributed by atoms with Crippen LogP contribution in [0, 0.1) is 0 Å². The quantitative estimate of drug-likeness (QED) is 0.779. The molecule has 1 unspecified atom stereocenters. The smallest absolute Gasteiger partial charge is 0.0790 e. The van der Waals surface area contributed by atoms with Crippen molar-refractivity contribution in [3.05, 3.63) is 33.3 Å². The topological polar surface area (TPSA) is 20.2 Å². The third kappa shape index (κ3) is 4.13. The standard InChI is InChI=1S/C12H16BrClO/c1-2-3-4-5-12(15)9-6-7-10(13)11(14)8-9/h6-8,12,15H,2-5H2,1H3. The molecule has 0 aromatic heterocycles. The first-order valence-corrected chi connectivity index (χ1v) is 6.45. The Morgan fingerprint density at radius 2 is 2.13 bits per heavy atom. The number of halogens is 2. The van der Waals surface area contributed by atoms with Crippen molar-refractivity contribution >= 4 is 27.5 Å². The zero-order chi connectivity index (χ0) is 11.3. The summed E-state index contributed by atoms with van der Waals surface area (Å²) in [6, 6.07) is 5.61. The molecule has 1 rings (SSSR count). The summed E-state index contributed by atoms with van der Waals surface area (Å²) in [6.07, 6.45) is 3.83. The van der Waals surface area contributed by atoms with E-state index in [9.17, 15) is 5.11 Å². The Hall–Kier alpha value is -0.0500. The lowest BCUT2D eigenvalue weighted by Gasteiger charge is -2.11. The van der Waals surface area contributed by atoms with Crippen molar-refractivity contribution in [2.75, 3.05) is 0 Å². The van der Waals surface area contributed by atoms with Gasteiger partial charge in [-0.1, -0.05) is 43.9 Å². The molecule has 0 radical (unpaired) electrons. The molecule has 0 heterocycles. The fourth-order valence-corrected chi connectivity index (χ4v) is 1.91. The predicted molar refractivity (Wildman–Crippen MR) is 68.3 cm³/mol. The third-order valence-corrected chi connectivity index (χ3v) is 3.64. The van der Waals surface area contributed by atoms with E-state index in [1.165, 1.54) is 12.8 Å². The van der Waals surface area contributed by atoms with Gasteiger partial charge in [0.25, 0.3) is 0 Å². The number of rotatable bonds is 5. The molecule has 84 valence electrons. The molecule has 1 atom stereocenters. The first-order chi connectivity index (χ1) is 7.15. The van der Waals surface area contributed by atoms with Crippen LogP contribution >= 0.6 is 27.5 Å². The number of benzene rings is 1. The maximum Gasteiger partial charge on any atom is 0.0790 e. The molecule has 1 aromatic rings. The van der Waals surface area contributed by atoms with Crippen LogP contribution in [-0.4, -0.2) is 5.11 Å². The van der Waals surface area contributed by atoms with Crippen molar-refractivity contribution in [1.29, 1.82) is 0 Å². The van der Waals surface area contributed by atoms with Crippen LogP contribution in [0.2, 0.25) is 5.02 Å². The zero-order valence-electron chi connectivity index (χ0n) is 8.84. The highest BCUT2D eigenvalue weighted by molar-refractivity contribution is 9.10. The fourth-order valence-electron chi connectivity index (χ4n) is 1.47. The van der Waals surface area contributed by atoms with Crippen LogP contribution in [0.1, 0.15) is 44.3 Å². The Labute approximate surface area is 105 Å². The fraction of sp³-hybridized carbons (Fsp3) is 0.500. The molecule has 1 aromatic carbocycles. The van der Waals surface area contributed by atoms with E-state index in [0.29, 0.717) is 5.02 Å². The van der Waals surface area contributed by atoms with Gasteiger partial charge in [-0.05, 0) is 40.0 Å². The molecular formula is C12H16BrClO. The van der Waals surface area contributed by atoms with Gasteiger partial charge in [-0.15, -0.1) is 0 Å². The van der Waals surface area contributed by atoms with Gasteiger partial charge in [-0.3, -0.25) is 0 Å². The van der Waals surface area contributed by atoms with Crippen LogP contribution < -0.4 is 0 Å². The number of hydrogen-bond acceptors (Lipinski definition) is 1. The van der Waals surface area contributed by atoms with E-state index in [-0.39, 0.29) is 6.10 Å². The van der Waals surface area contributed by atoms with Crippen molar-refractivity contribution in [2.45, 2.75) is 38.7 Å². The summed E-state index contributed by atoms with van der Waals surface area (Å²) in [6.45, 7) is 2.16. The van der Waals surface area contributed by atoms with Crippen LogP contribution in [0.15, 0.2) is 22.7 Å². The lowest BCUT2D eigenvalue weighted by Crippen LogP contribution is -1.97. The summed E-state index contributed by atoms with van der Waals surface area (Å²) in [5.74, 6) is 0. The second-order valence-electron chi connectivity index (χ2n) is 3.69. The van der Waals surface area contributed by atoms with E-state index >= 15 is 0 Å². The predicted octanol–water partition coefficient (Wildman–Crippen LogP) is 4.72. The van der Waals surface area contributed by atoms with Crippen LogP contribution in [0.3, 0.4) is 0 Å². The van der Waals surface area contributed by atoms with Gasteiger partial charge in [0.2, 0.25) is 0 Å². The lowest BCUT2D eigenvalue weighted by molar-refractivity contribution is 0.163. The average molecular weight is 292 g/mol. The molecule has 0 spiro atoms. The van der Waals surface area contributed by atoms with E-state index in [1.807, 2.05) is 18.2 Å². The van der Waals surface area contributed by atoms with E-state index in [1.54, 1.807) is 0 Å². The summed E-state index contributed by atoms with van der Waals surface area (Å²) in [5, 5.41) is 10.5. The van der Waals surface area contributed by atoms with Crippen LogP contribution in [-0.2, 0) is 0 Å². The summed E-state index contributed by atoms with van der Waals surface area (Å²) < 4.78 is 0.869. The second-order valence-corrected chi connectivity index (χ2v) is 4.95. The summed E-state index contributed by atoms with van der Waals surface area (Å²) in [4.78, 5) is 0. The molecule has 3 heteroatoms. The highest BCUT2D eigenvalue weighted by Crippen LogP contribution is 2.27. The Balaban J connectivity index is 2.57. The molecule has 0 saturated carbocycles. The van der Waals surface area contributed by atoms with Crippen molar-refractivity contribution in [1.82, 2.24) is 0 Å². The lowest BCUT2D eigenvalue weighted by atomic mass is 10.0. The molecule has 1 nitrogen and oxygen atoms in total. The van der Waals surface area contributed by atoms with Crippen molar-refractivity contribution in [3.63, 3.8) is 0 Å². The first-order valence-electron chi connectivity index (χ1n) is 5.28. The zero-order valence-corrected chi connectivity index (χ0v) is 11.2. The van der Waals surface area contributed by atoms with E-state index in [0.717, 1.165) is 22.9 Å². The minimum atomic E-state index is -0.387. The molecule has 1 N–H and O–H groups in total. The van der Waals surface area contributed by atoms with Gasteiger partial charge in [-0.25, -0.2) is 0 Å². The molecule has 0 amide bonds. The normalized spacial score (nSPS) is 12.8. The van der Waals surface area contributed by atoms with E-state index in [4.69, 9.17) is 11.6 Å². The highest BCUT2D eigenvalue weighted by atomic mass is 79.9. The van der Waals surface area contributed by atoms with E-state index in [2.05, 4.69) is 22.9 Å². The Morgan fingerprint density at radius 3 is 2.73 bits per heavy atom. The molecule has 0 bridgehead atoms. The maximum absolute atomic E-state index is 9.89. The van der Waals surface area contributed by atoms with E-state index < -0.39 is 0 Å². The molecule has 0 saturated heterocycles. The van der Waals surface area contributed by atoms with Gasteiger partial charge < -0.3 is 5.11 Å². The molecule has 0 fully saturated rings. The maximum atomic E-state index is 9.89. The van der Waals surface area contributed by atoms with Gasteiger partial charge in [0.05, 0.1) is 11.1 Å². The second kappa shape index (κ2) is 6.51.